The minimum absolute atomic E-state index is 0.0108. The van der Waals surface area contributed by atoms with Crippen LogP contribution in [0.5, 0.6) is 0 Å². The lowest BCUT2D eigenvalue weighted by Crippen LogP contribution is -2.47. The third-order valence-electron chi connectivity index (χ3n) is 4.56. The van der Waals surface area contributed by atoms with Crippen molar-refractivity contribution < 1.29 is 14.3 Å². The third-order valence-corrected chi connectivity index (χ3v) is 5.54. The summed E-state index contributed by atoms with van der Waals surface area (Å²) in [5.74, 6) is 0.123. The molecular formula is C17H26N4O3S. The fraction of sp³-hybridized carbons (Fsp3) is 0.706. The number of fused-ring (bicyclic) bond motifs is 1. The monoisotopic (exact) mass is 366 g/mol. The molecule has 2 amide bonds. The zero-order chi connectivity index (χ0) is 18.4. The normalized spacial score (nSPS) is 23.8. The van der Waals surface area contributed by atoms with Gasteiger partial charge >= 0.3 is 6.09 Å². The summed E-state index contributed by atoms with van der Waals surface area (Å²) in [5.41, 5.74) is 1.19. The Morgan fingerprint density at radius 2 is 2.08 bits per heavy atom. The summed E-state index contributed by atoms with van der Waals surface area (Å²) in [6.07, 6.45) is 4.01. The van der Waals surface area contributed by atoms with E-state index in [2.05, 4.69) is 5.10 Å². The molecule has 1 aromatic rings. The first-order chi connectivity index (χ1) is 11.7. The Morgan fingerprint density at radius 1 is 1.36 bits per heavy atom. The van der Waals surface area contributed by atoms with Gasteiger partial charge in [-0.15, -0.1) is 0 Å². The highest BCUT2D eigenvalue weighted by Crippen LogP contribution is 2.32. The molecule has 0 spiro atoms. The molecule has 1 saturated heterocycles. The minimum Gasteiger partial charge on any atom is -0.444 e. The van der Waals surface area contributed by atoms with Gasteiger partial charge in [-0.3, -0.25) is 14.4 Å². The third kappa shape index (κ3) is 3.63. The molecule has 3 heterocycles. The van der Waals surface area contributed by atoms with Crippen molar-refractivity contribution in [1.82, 2.24) is 14.7 Å². The Labute approximate surface area is 152 Å². The number of carbonyl (C=O) groups is 2. The van der Waals surface area contributed by atoms with E-state index in [-0.39, 0.29) is 18.0 Å². The van der Waals surface area contributed by atoms with E-state index in [4.69, 9.17) is 4.74 Å². The molecule has 1 fully saturated rings. The van der Waals surface area contributed by atoms with E-state index in [1.165, 1.54) is 0 Å². The number of rotatable bonds is 2. The van der Waals surface area contributed by atoms with Gasteiger partial charge in [0.25, 0.3) is 0 Å². The molecule has 7 nitrogen and oxygen atoms in total. The summed E-state index contributed by atoms with van der Waals surface area (Å²) in [6, 6.07) is -0.0108. The SMILES string of the molecule is CSC1CC(=O)N(c2cnn3c2CN(C(=O)OC(C)(C)C)[C@@H](C)C3)C1. The van der Waals surface area contributed by atoms with Crippen LogP contribution in [-0.2, 0) is 22.6 Å². The highest BCUT2D eigenvalue weighted by atomic mass is 32.2. The number of hydrogen-bond donors (Lipinski definition) is 0. The summed E-state index contributed by atoms with van der Waals surface area (Å²) in [6.45, 7) is 9.27. The second-order valence-corrected chi connectivity index (χ2v) is 8.82. The van der Waals surface area contributed by atoms with E-state index in [1.54, 1.807) is 22.9 Å². The van der Waals surface area contributed by atoms with Gasteiger partial charge in [0, 0.05) is 18.2 Å². The largest absolute Gasteiger partial charge is 0.444 e. The van der Waals surface area contributed by atoms with Crippen LogP contribution in [0.25, 0.3) is 0 Å². The number of thioether (sulfide) groups is 1. The molecule has 0 N–H and O–H groups in total. The molecule has 8 heteroatoms. The highest BCUT2D eigenvalue weighted by molar-refractivity contribution is 7.99. The van der Waals surface area contributed by atoms with E-state index >= 15 is 0 Å². The van der Waals surface area contributed by atoms with Crippen LogP contribution in [0.2, 0.25) is 0 Å². The fourth-order valence-corrected chi connectivity index (χ4v) is 3.85. The molecule has 2 aliphatic rings. The van der Waals surface area contributed by atoms with E-state index < -0.39 is 5.60 Å². The summed E-state index contributed by atoms with van der Waals surface area (Å²) in [4.78, 5) is 28.4. The van der Waals surface area contributed by atoms with Crippen LogP contribution in [-0.4, -0.2) is 56.4 Å². The summed E-state index contributed by atoms with van der Waals surface area (Å²) in [5, 5.41) is 4.76. The molecular weight excluding hydrogens is 340 g/mol. The Kier molecular flexibility index (Phi) is 4.74. The van der Waals surface area contributed by atoms with Crippen molar-refractivity contribution in [3.63, 3.8) is 0 Å². The van der Waals surface area contributed by atoms with Crippen LogP contribution in [0.3, 0.4) is 0 Å². The summed E-state index contributed by atoms with van der Waals surface area (Å²) < 4.78 is 7.44. The number of hydrogen-bond acceptors (Lipinski definition) is 5. The molecule has 138 valence electrons. The van der Waals surface area contributed by atoms with Crippen molar-refractivity contribution >= 4 is 29.4 Å². The maximum Gasteiger partial charge on any atom is 0.410 e. The van der Waals surface area contributed by atoms with Crippen LogP contribution < -0.4 is 4.90 Å². The second kappa shape index (κ2) is 6.55. The van der Waals surface area contributed by atoms with Gasteiger partial charge in [-0.2, -0.15) is 16.9 Å². The molecule has 0 bridgehead atoms. The number of ether oxygens (including phenoxy) is 1. The summed E-state index contributed by atoms with van der Waals surface area (Å²) >= 11 is 1.71. The molecule has 2 aliphatic heterocycles. The van der Waals surface area contributed by atoms with E-state index in [0.29, 0.717) is 31.3 Å². The molecule has 3 rings (SSSR count). The number of nitrogens with zero attached hydrogens (tertiary/aromatic N) is 4. The van der Waals surface area contributed by atoms with Crippen LogP contribution >= 0.6 is 11.8 Å². The Morgan fingerprint density at radius 3 is 2.68 bits per heavy atom. The lowest BCUT2D eigenvalue weighted by atomic mass is 10.2. The van der Waals surface area contributed by atoms with Crippen molar-refractivity contribution in [1.29, 1.82) is 0 Å². The number of amides is 2. The van der Waals surface area contributed by atoms with Gasteiger partial charge in [-0.1, -0.05) is 0 Å². The molecule has 0 radical (unpaired) electrons. The lowest BCUT2D eigenvalue weighted by molar-refractivity contribution is -0.117. The maximum atomic E-state index is 12.5. The van der Waals surface area contributed by atoms with Crippen LogP contribution in [0, 0.1) is 0 Å². The van der Waals surface area contributed by atoms with Gasteiger partial charge in [-0.25, -0.2) is 4.79 Å². The van der Waals surface area contributed by atoms with Gasteiger partial charge in [0.05, 0.1) is 36.7 Å². The minimum atomic E-state index is -0.534. The average Bonchev–Trinajstić information content (AvgIpc) is 3.07. The van der Waals surface area contributed by atoms with Crippen molar-refractivity contribution in [2.24, 2.45) is 0 Å². The number of anilines is 1. The van der Waals surface area contributed by atoms with Crippen molar-refractivity contribution in [2.45, 2.75) is 64.1 Å². The average molecular weight is 366 g/mol. The first-order valence-corrected chi connectivity index (χ1v) is 9.86. The van der Waals surface area contributed by atoms with E-state index in [9.17, 15) is 9.59 Å². The van der Waals surface area contributed by atoms with Crippen molar-refractivity contribution in [3.8, 4) is 0 Å². The summed E-state index contributed by atoms with van der Waals surface area (Å²) in [7, 11) is 0. The topological polar surface area (TPSA) is 67.7 Å². The first-order valence-electron chi connectivity index (χ1n) is 8.57. The van der Waals surface area contributed by atoms with Gasteiger partial charge < -0.3 is 9.64 Å². The molecule has 0 aromatic carbocycles. The highest BCUT2D eigenvalue weighted by Gasteiger charge is 2.37. The Bertz CT molecular complexity index is 682. The van der Waals surface area contributed by atoms with Crippen molar-refractivity contribution in [2.75, 3.05) is 17.7 Å². The predicted molar refractivity (Wildman–Crippen MR) is 97.7 cm³/mol. The number of carbonyl (C=O) groups excluding carboxylic acids is 2. The Balaban J connectivity index is 1.83. The zero-order valence-corrected chi connectivity index (χ0v) is 16.3. The van der Waals surface area contributed by atoms with E-state index in [1.807, 2.05) is 43.5 Å². The molecule has 0 saturated carbocycles. The van der Waals surface area contributed by atoms with Crippen LogP contribution in [0.15, 0.2) is 6.20 Å². The molecule has 1 unspecified atom stereocenters. The van der Waals surface area contributed by atoms with Gasteiger partial charge in [0.1, 0.15) is 5.60 Å². The van der Waals surface area contributed by atoms with Gasteiger partial charge in [-0.05, 0) is 34.0 Å². The fourth-order valence-electron chi connectivity index (χ4n) is 3.24. The maximum absolute atomic E-state index is 12.5. The first kappa shape index (κ1) is 18.1. The molecule has 1 aromatic heterocycles. The lowest BCUT2D eigenvalue weighted by Gasteiger charge is -2.36. The van der Waals surface area contributed by atoms with Crippen molar-refractivity contribution in [3.05, 3.63) is 11.9 Å². The standard InChI is InChI=1S/C17H26N4O3S/c1-11-8-21-14(10-19(11)16(23)24-17(2,3)4)13(7-18-21)20-9-12(25-5)6-15(20)22/h7,11-12H,6,8-10H2,1-5H3/t11-,12?/m0/s1. The molecule has 0 aliphatic carbocycles. The van der Waals surface area contributed by atoms with Gasteiger partial charge in [0.15, 0.2) is 0 Å². The Hall–Kier alpha value is -1.70. The quantitative estimate of drug-likeness (QED) is 0.804. The molecule has 25 heavy (non-hydrogen) atoms. The predicted octanol–water partition coefficient (Wildman–Crippen LogP) is 2.49. The number of aromatic nitrogens is 2. The zero-order valence-electron chi connectivity index (χ0n) is 15.5. The molecule has 2 atom stereocenters. The van der Waals surface area contributed by atoms with Gasteiger partial charge in [0.2, 0.25) is 5.91 Å². The van der Waals surface area contributed by atoms with Crippen LogP contribution in [0.1, 0.15) is 39.8 Å². The van der Waals surface area contributed by atoms with E-state index in [0.717, 1.165) is 11.4 Å². The second-order valence-electron chi connectivity index (χ2n) is 7.68. The van der Waals surface area contributed by atoms with Crippen LogP contribution in [0.4, 0.5) is 10.5 Å². The smallest absolute Gasteiger partial charge is 0.410 e.